The average Bonchev–Trinajstić information content (AvgIpc) is 2.95. The molecule has 1 aromatic rings. The maximum Gasteiger partial charge on any atom is 0.324 e. The molecule has 0 fully saturated rings. The highest BCUT2D eigenvalue weighted by Gasteiger charge is 2.47. The lowest BCUT2D eigenvalue weighted by Crippen LogP contribution is -2.45. The van der Waals surface area contributed by atoms with E-state index in [1.807, 2.05) is 43.3 Å². The van der Waals surface area contributed by atoms with Gasteiger partial charge < -0.3 is 9.94 Å². The van der Waals surface area contributed by atoms with Gasteiger partial charge in [0.15, 0.2) is 14.6 Å². The minimum Gasteiger partial charge on any atom is -0.480 e. The van der Waals surface area contributed by atoms with Crippen molar-refractivity contribution in [2.24, 2.45) is 5.16 Å². The summed E-state index contributed by atoms with van der Waals surface area (Å²) in [5.74, 6) is -1.38. The van der Waals surface area contributed by atoms with Gasteiger partial charge in [0.2, 0.25) is 0 Å². The number of benzene rings is 1. The van der Waals surface area contributed by atoms with Gasteiger partial charge in [-0.15, -0.1) is 0 Å². The highest BCUT2D eigenvalue weighted by Crippen LogP contribution is 2.29. The van der Waals surface area contributed by atoms with Gasteiger partial charge in [0.25, 0.3) is 0 Å². The SMILES string of the molecule is CC=Cc1ccc(C2=NOC(CC(C)(C(=O)O)S(C)(=O)=O)C2)cc1. The van der Waals surface area contributed by atoms with E-state index >= 15 is 0 Å². The average molecular weight is 351 g/mol. The van der Waals surface area contributed by atoms with E-state index in [4.69, 9.17) is 4.84 Å². The zero-order valence-electron chi connectivity index (χ0n) is 13.9. The lowest BCUT2D eigenvalue weighted by atomic mass is 9.97. The second kappa shape index (κ2) is 6.76. The first-order valence-electron chi connectivity index (χ1n) is 7.56. The molecule has 6 nitrogen and oxygen atoms in total. The minimum absolute atomic E-state index is 0.148. The van der Waals surface area contributed by atoms with E-state index < -0.39 is 26.7 Å². The van der Waals surface area contributed by atoms with Crippen molar-refractivity contribution < 1.29 is 23.2 Å². The van der Waals surface area contributed by atoms with E-state index in [2.05, 4.69) is 5.16 Å². The molecule has 0 aliphatic carbocycles. The number of allylic oxidation sites excluding steroid dienone is 1. The molecule has 0 saturated heterocycles. The second-order valence-electron chi connectivity index (χ2n) is 6.10. The smallest absolute Gasteiger partial charge is 0.324 e. The summed E-state index contributed by atoms with van der Waals surface area (Å²) in [4.78, 5) is 16.7. The normalized spacial score (nSPS) is 20.5. The molecule has 2 rings (SSSR count). The first-order valence-corrected chi connectivity index (χ1v) is 9.45. The van der Waals surface area contributed by atoms with Crippen molar-refractivity contribution >= 4 is 27.6 Å². The van der Waals surface area contributed by atoms with Gasteiger partial charge >= 0.3 is 5.97 Å². The molecule has 24 heavy (non-hydrogen) atoms. The number of rotatable bonds is 6. The van der Waals surface area contributed by atoms with Crippen LogP contribution in [0.15, 0.2) is 35.5 Å². The number of carbonyl (C=O) groups is 1. The molecular weight excluding hydrogens is 330 g/mol. The van der Waals surface area contributed by atoms with Gasteiger partial charge in [0, 0.05) is 19.1 Å². The van der Waals surface area contributed by atoms with Crippen LogP contribution >= 0.6 is 0 Å². The topological polar surface area (TPSA) is 93.0 Å². The molecule has 1 aliphatic rings. The van der Waals surface area contributed by atoms with Gasteiger partial charge in [-0.3, -0.25) is 4.79 Å². The van der Waals surface area contributed by atoms with Crippen molar-refractivity contribution in [3.63, 3.8) is 0 Å². The molecule has 2 atom stereocenters. The highest BCUT2D eigenvalue weighted by molar-refractivity contribution is 7.92. The maximum absolute atomic E-state index is 11.9. The molecule has 1 aromatic carbocycles. The van der Waals surface area contributed by atoms with Gasteiger partial charge in [-0.05, 0) is 25.0 Å². The molecule has 0 bridgehead atoms. The zero-order valence-corrected chi connectivity index (χ0v) is 14.7. The molecule has 0 spiro atoms. The van der Waals surface area contributed by atoms with Crippen LogP contribution in [0.4, 0.5) is 0 Å². The maximum atomic E-state index is 11.9. The Hall–Kier alpha value is -2.15. The third-order valence-electron chi connectivity index (χ3n) is 4.22. The number of carboxylic acid groups (broad SMARTS) is 1. The molecule has 1 N–H and O–H groups in total. The number of carboxylic acids is 1. The third-order valence-corrected chi connectivity index (χ3v) is 6.20. The second-order valence-corrected chi connectivity index (χ2v) is 8.55. The van der Waals surface area contributed by atoms with E-state index in [1.54, 1.807) is 0 Å². The molecule has 1 aliphatic heterocycles. The van der Waals surface area contributed by atoms with Crippen molar-refractivity contribution in [1.82, 2.24) is 0 Å². The monoisotopic (exact) mass is 351 g/mol. The standard InChI is InChI=1S/C17H21NO5S/c1-4-5-12-6-8-13(9-7-12)15-10-14(23-18-15)11-17(2,16(19)20)24(3,21)22/h4-9,14H,10-11H2,1-3H3,(H,19,20). The first-order chi connectivity index (χ1) is 11.2. The van der Waals surface area contributed by atoms with Crippen LogP contribution in [0.2, 0.25) is 0 Å². The van der Waals surface area contributed by atoms with Gasteiger partial charge in [0.05, 0.1) is 5.71 Å². The quantitative estimate of drug-likeness (QED) is 0.850. The first kappa shape index (κ1) is 18.2. The largest absolute Gasteiger partial charge is 0.480 e. The number of sulfone groups is 1. The Morgan fingerprint density at radius 3 is 2.54 bits per heavy atom. The van der Waals surface area contributed by atoms with E-state index in [9.17, 15) is 18.3 Å². The van der Waals surface area contributed by atoms with Crippen LogP contribution in [0, 0.1) is 0 Å². The number of oxime groups is 1. The summed E-state index contributed by atoms with van der Waals surface area (Å²) in [6.07, 6.45) is 4.50. The van der Waals surface area contributed by atoms with E-state index in [0.717, 1.165) is 17.4 Å². The van der Waals surface area contributed by atoms with Gasteiger partial charge in [-0.2, -0.15) is 0 Å². The number of hydrogen-bond donors (Lipinski definition) is 1. The van der Waals surface area contributed by atoms with Crippen molar-refractivity contribution in [1.29, 1.82) is 0 Å². The summed E-state index contributed by atoms with van der Waals surface area (Å²) in [5.41, 5.74) is 2.63. The van der Waals surface area contributed by atoms with Crippen molar-refractivity contribution in [2.45, 2.75) is 37.5 Å². The molecular formula is C17H21NO5S. The molecule has 1 heterocycles. The van der Waals surface area contributed by atoms with Crippen LogP contribution in [0.1, 0.15) is 37.8 Å². The minimum atomic E-state index is -3.78. The summed E-state index contributed by atoms with van der Waals surface area (Å²) >= 11 is 0. The molecule has 0 aromatic heterocycles. The van der Waals surface area contributed by atoms with Crippen molar-refractivity contribution in [3.8, 4) is 0 Å². The molecule has 0 amide bonds. The van der Waals surface area contributed by atoms with Crippen LogP contribution in [-0.4, -0.2) is 42.3 Å². The Kier molecular flexibility index (Phi) is 5.13. The molecule has 130 valence electrons. The summed E-state index contributed by atoms with van der Waals surface area (Å²) in [7, 11) is -3.78. The van der Waals surface area contributed by atoms with Crippen LogP contribution < -0.4 is 0 Å². The fourth-order valence-corrected chi connectivity index (χ4v) is 3.32. The molecule has 0 radical (unpaired) electrons. The summed E-state index contributed by atoms with van der Waals surface area (Å²) in [6.45, 7) is 3.15. The molecule has 2 unspecified atom stereocenters. The lowest BCUT2D eigenvalue weighted by molar-refractivity contribution is -0.140. The van der Waals surface area contributed by atoms with E-state index in [0.29, 0.717) is 12.1 Å². The zero-order chi connectivity index (χ0) is 18.0. The third kappa shape index (κ3) is 3.67. The number of hydrogen-bond acceptors (Lipinski definition) is 5. The number of nitrogens with zero attached hydrogens (tertiary/aromatic N) is 1. The summed E-state index contributed by atoms with van der Waals surface area (Å²) < 4.78 is 21.8. The van der Waals surface area contributed by atoms with Crippen molar-refractivity contribution in [2.75, 3.05) is 6.26 Å². The Morgan fingerprint density at radius 2 is 2.04 bits per heavy atom. The lowest BCUT2D eigenvalue weighted by Gasteiger charge is -2.24. The molecule has 0 saturated carbocycles. The fourth-order valence-electron chi connectivity index (χ4n) is 2.52. The van der Waals surface area contributed by atoms with Gasteiger partial charge in [-0.1, -0.05) is 41.6 Å². The molecule has 7 heteroatoms. The van der Waals surface area contributed by atoms with Crippen molar-refractivity contribution in [3.05, 3.63) is 41.5 Å². The van der Waals surface area contributed by atoms with Crippen LogP contribution in [0.3, 0.4) is 0 Å². The van der Waals surface area contributed by atoms with E-state index in [1.165, 1.54) is 6.92 Å². The predicted molar refractivity (Wildman–Crippen MR) is 92.7 cm³/mol. The highest BCUT2D eigenvalue weighted by atomic mass is 32.2. The number of aliphatic carboxylic acids is 1. The fraction of sp³-hybridized carbons (Fsp3) is 0.412. The summed E-state index contributed by atoms with van der Waals surface area (Å²) in [5, 5.41) is 13.3. The van der Waals surface area contributed by atoms with Gasteiger partial charge in [0.1, 0.15) is 6.10 Å². The Bertz CT molecular complexity index is 780. The van der Waals surface area contributed by atoms with E-state index in [-0.39, 0.29) is 6.42 Å². The Balaban J connectivity index is 2.10. The van der Waals surface area contributed by atoms with Crippen LogP contribution in [-0.2, 0) is 19.5 Å². The Labute approximate surface area is 141 Å². The van der Waals surface area contributed by atoms with Gasteiger partial charge in [-0.25, -0.2) is 8.42 Å². The summed E-state index contributed by atoms with van der Waals surface area (Å²) in [6, 6.07) is 7.71. The van der Waals surface area contributed by atoms with Crippen LogP contribution in [0.25, 0.3) is 6.08 Å². The predicted octanol–water partition coefficient (Wildman–Crippen LogP) is 2.49. The Morgan fingerprint density at radius 1 is 1.42 bits per heavy atom. The van der Waals surface area contributed by atoms with Crippen LogP contribution in [0.5, 0.6) is 0 Å².